The lowest BCUT2D eigenvalue weighted by atomic mass is 9.97. The molecule has 0 heterocycles. The summed E-state index contributed by atoms with van der Waals surface area (Å²) in [5.41, 5.74) is 51.6. The summed E-state index contributed by atoms with van der Waals surface area (Å²) in [6.07, 6.45) is 0. The van der Waals surface area contributed by atoms with E-state index in [1.165, 1.54) is 223 Å². The molecule has 0 radical (unpaired) electrons. The molecule has 0 fully saturated rings. The normalized spacial score (nSPS) is 10.2. The summed E-state index contributed by atoms with van der Waals surface area (Å²) in [6.45, 7) is 38.1. The van der Waals surface area contributed by atoms with Crippen molar-refractivity contribution in [3.8, 4) is 122 Å². The quantitative estimate of drug-likeness (QED) is 0.121. The van der Waals surface area contributed by atoms with Crippen LogP contribution in [-0.4, -0.2) is 0 Å². The SMILES string of the molecule is Cc1ccc(-c2ccc(-c3ccc(C)cc3)cc2)cc1.Cc1ccc(-c2ccc(C)cc2)cc1.Cc1ccc(-c2cccc(-c3ccc(C)cc3)c2)cc1.Cc1ccc(-c2cccc(-c3cccc(C)c3)c2)cc1.Cc1ccc(-c2cccc(C)c2)cc1.Cc1ccc(C)cc1.Cc1cccc(-c2cccc(-c3cccc(C)c3)c2)c1.Cc1cccc(-c2cccc(C)c2)c1.Cc1cccc(C)c1. The number of aryl methyl sites for hydroxylation is 18. The van der Waals surface area contributed by atoms with Crippen molar-refractivity contribution < 1.29 is 0 Å². The summed E-state index contributed by atoms with van der Waals surface area (Å²) in [6, 6.07) is 173. The third-order valence-electron chi connectivity index (χ3n) is 24.1. The van der Waals surface area contributed by atoms with Gasteiger partial charge in [0.05, 0.1) is 0 Å². The van der Waals surface area contributed by atoms with E-state index in [1.807, 2.05) is 0 Å². The van der Waals surface area contributed by atoms with Gasteiger partial charge in [-0.2, -0.15) is 0 Å². The van der Waals surface area contributed by atoms with E-state index in [9.17, 15) is 0 Å². The molecular formula is C138H134. The second kappa shape index (κ2) is 51.8. The van der Waals surface area contributed by atoms with Crippen molar-refractivity contribution in [2.45, 2.75) is 125 Å². The highest BCUT2D eigenvalue weighted by atomic mass is 14.1. The van der Waals surface area contributed by atoms with Crippen LogP contribution in [0, 0.1) is 125 Å². The first-order valence-electron chi connectivity index (χ1n) is 48.2. The largest absolute Gasteiger partial charge is 0.0617 e. The molecule has 0 nitrogen and oxygen atoms in total. The smallest absolute Gasteiger partial charge is 0.0178 e. The summed E-state index contributed by atoms with van der Waals surface area (Å²) in [5, 5.41) is 0. The highest BCUT2D eigenvalue weighted by molar-refractivity contribution is 5.78. The van der Waals surface area contributed by atoms with Crippen molar-refractivity contribution in [2.75, 3.05) is 0 Å². The van der Waals surface area contributed by atoms with Gasteiger partial charge in [-0.1, -0.05) is 567 Å². The van der Waals surface area contributed by atoms with Crippen LogP contribution >= 0.6 is 0 Å². The number of rotatable bonds is 11. The lowest BCUT2D eigenvalue weighted by Gasteiger charge is -2.07. The maximum atomic E-state index is 2.27. The Bertz CT molecular complexity index is 6820. The highest BCUT2D eigenvalue weighted by Crippen LogP contribution is 2.34. The zero-order valence-electron chi connectivity index (χ0n) is 84.2. The average molecular weight is 1790 g/mol. The topological polar surface area (TPSA) is 0 Å². The molecule has 0 saturated carbocycles. The molecule has 138 heavy (non-hydrogen) atoms. The molecule has 0 heteroatoms. The van der Waals surface area contributed by atoms with Crippen molar-refractivity contribution >= 4 is 0 Å². The van der Waals surface area contributed by atoms with Crippen LogP contribution in [0.3, 0.4) is 0 Å². The van der Waals surface area contributed by atoms with Crippen molar-refractivity contribution in [1.82, 2.24) is 0 Å². The van der Waals surface area contributed by atoms with Gasteiger partial charge < -0.3 is 0 Å². The van der Waals surface area contributed by atoms with Crippen LogP contribution in [0.1, 0.15) is 100 Å². The molecule has 0 aliphatic rings. The van der Waals surface area contributed by atoms with Crippen LogP contribution in [-0.2, 0) is 0 Å². The first-order chi connectivity index (χ1) is 66.7. The van der Waals surface area contributed by atoms with Crippen molar-refractivity contribution in [2.24, 2.45) is 0 Å². The van der Waals surface area contributed by atoms with E-state index in [0.717, 1.165) is 0 Å². The molecular weight excluding hydrogens is 1660 g/mol. The first kappa shape index (κ1) is 101. The zero-order valence-corrected chi connectivity index (χ0v) is 84.2. The third-order valence-corrected chi connectivity index (χ3v) is 24.1. The second-order valence-corrected chi connectivity index (χ2v) is 36.8. The summed E-state index contributed by atoms with van der Waals surface area (Å²) in [7, 11) is 0. The number of hydrogen-bond acceptors (Lipinski definition) is 0. The lowest BCUT2D eigenvalue weighted by Crippen LogP contribution is -1.83. The molecule has 0 aliphatic carbocycles. The zero-order chi connectivity index (χ0) is 97.7. The van der Waals surface area contributed by atoms with Crippen LogP contribution in [0.4, 0.5) is 0 Å². The second-order valence-electron chi connectivity index (χ2n) is 36.8. The van der Waals surface area contributed by atoms with Gasteiger partial charge in [-0.25, -0.2) is 0 Å². The minimum Gasteiger partial charge on any atom is -0.0617 e. The summed E-state index contributed by atoms with van der Waals surface area (Å²) < 4.78 is 0. The first-order valence-corrected chi connectivity index (χ1v) is 48.2. The summed E-state index contributed by atoms with van der Waals surface area (Å²) in [4.78, 5) is 0. The molecule has 0 aromatic heterocycles. The Kier molecular flexibility index (Phi) is 38.0. The molecule has 20 aromatic carbocycles. The van der Waals surface area contributed by atoms with Gasteiger partial charge in [0, 0.05) is 0 Å². The standard InChI is InChI=1S/4C20H18.3C14H14.2C8H10/c1-15-3-7-17(8-4-15)19-11-13-20(14-12-19)18-9-5-16(2)6-10-18;1-15-6-3-8-17(12-15)19-10-5-11-20(14-19)18-9-4-7-16(2)13-18;1-15-9-11-17(12-10-15)19-7-4-8-20(14-19)18-6-3-5-16(2)13-18;1-15-6-10-17(11-7-15)19-4-3-5-20(14-19)18-12-8-16(2)9-13-18;1-11-3-7-13(8-4-11)14-9-5-12(2)6-10-14;1-11-5-3-7-13(9-11)14-8-4-6-12(2)10-14;1-11-6-8-13(9-7-11)14-5-3-4-12(2)10-14;1-7-3-5-8(2)6-4-7;1-7-4-3-5-8(2)6-7/h4*3-14H,1-2H3;3*3-10H,1-2H3;2*3-6H,1-2H3. The molecule has 0 N–H and O–H groups in total. The Balaban J connectivity index is 0.000000141. The monoisotopic (exact) mass is 1790 g/mol. The Morgan fingerprint density at radius 1 is 0.0652 bits per heavy atom. The number of hydrogen-bond donors (Lipinski definition) is 0. The van der Waals surface area contributed by atoms with E-state index in [4.69, 9.17) is 0 Å². The molecule has 0 unspecified atom stereocenters. The maximum Gasteiger partial charge on any atom is -0.0178 e. The molecule has 686 valence electrons. The molecule has 0 bridgehead atoms. The molecule has 0 amide bonds. The number of benzene rings is 20. The molecule has 20 rings (SSSR count). The fourth-order valence-corrected chi connectivity index (χ4v) is 15.8. The van der Waals surface area contributed by atoms with Crippen LogP contribution in [0.15, 0.2) is 485 Å². The maximum absolute atomic E-state index is 2.27. The predicted octanol–water partition coefficient (Wildman–Crippen LogP) is 39.1. The van der Waals surface area contributed by atoms with Gasteiger partial charge in [0.15, 0.2) is 0 Å². The van der Waals surface area contributed by atoms with E-state index < -0.39 is 0 Å². The van der Waals surface area contributed by atoms with E-state index in [2.05, 4.69) is 610 Å². The molecule has 0 saturated heterocycles. The van der Waals surface area contributed by atoms with Crippen molar-refractivity contribution in [3.63, 3.8) is 0 Å². The van der Waals surface area contributed by atoms with E-state index in [-0.39, 0.29) is 0 Å². The molecule has 0 aliphatic heterocycles. The van der Waals surface area contributed by atoms with Gasteiger partial charge in [0.2, 0.25) is 0 Å². The molecule has 0 atom stereocenters. The van der Waals surface area contributed by atoms with Crippen LogP contribution in [0.2, 0.25) is 0 Å². The van der Waals surface area contributed by atoms with Gasteiger partial charge in [-0.15, -0.1) is 0 Å². The van der Waals surface area contributed by atoms with E-state index in [1.54, 1.807) is 0 Å². The highest BCUT2D eigenvalue weighted by Gasteiger charge is 2.09. The van der Waals surface area contributed by atoms with Gasteiger partial charge >= 0.3 is 0 Å². The predicted molar refractivity (Wildman–Crippen MR) is 603 cm³/mol. The lowest BCUT2D eigenvalue weighted by molar-refractivity contribution is 1.39. The van der Waals surface area contributed by atoms with Crippen molar-refractivity contribution in [1.29, 1.82) is 0 Å². The summed E-state index contributed by atoms with van der Waals surface area (Å²) in [5.74, 6) is 0. The van der Waals surface area contributed by atoms with Gasteiger partial charge in [0.1, 0.15) is 0 Å². The van der Waals surface area contributed by atoms with Gasteiger partial charge in [0.25, 0.3) is 0 Å². The minimum atomic E-state index is 1.26. The Morgan fingerprint density at radius 3 is 0.283 bits per heavy atom. The van der Waals surface area contributed by atoms with E-state index >= 15 is 0 Å². The van der Waals surface area contributed by atoms with Crippen LogP contribution < -0.4 is 0 Å². The molecule has 0 spiro atoms. The Hall–Kier alpha value is -15.6. The summed E-state index contributed by atoms with van der Waals surface area (Å²) >= 11 is 0. The van der Waals surface area contributed by atoms with E-state index in [0.29, 0.717) is 0 Å². The Labute approximate surface area is 826 Å². The van der Waals surface area contributed by atoms with Crippen molar-refractivity contribution in [3.05, 3.63) is 585 Å². The van der Waals surface area contributed by atoms with Gasteiger partial charge in [-0.05, 0) is 265 Å². The molecule has 20 aromatic rings. The van der Waals surface area contributed by atoms with Crippen LogP contribution in [0.25, 0.3) is 122 Å². The van der Waals surface area contributed by atoms with Gasteiger partial charge in [-0.3, -0.25) is 0 Å². The minimum absolute atomic E-state index is 1.26. The average Bonchev–Trinajstić information content (AvgIpc) is 0.838. The van der Waals surface area contributed by atoms with Crippen LogP contribution in [0.5, 0.6) is 0 Å². The Morgan fingerprint density at radius 2 is 0.152 bits per heavy atom. The third kappa shape index (κ3) is 32.9. The fourth-order valence-electron chi connectivity index (χ4n) is 15.8. The fraction of sp³-hybridized carbons (Fsp3) is 0.130.